The van der Waals surface area contributed by atoms with Crippen LogP contribution in [0.25, 0.3) is 10.9 Å². The lowest BCUT2D eigenvalue weighted by Gasteiger charge is -2.32. The Morgan fingerprint density at radius 2 is 1.45 bits per heavy atom. The van der Waals surface area contributed by atoms with Crippen LogP contribution in [0.5, 0.6) is 11.5 Å². The number of fused-ring (bicyclic) bond motifs is 2. The van der Waals surface area contributed by atoms with Crippen LogP contribution >= 0.6 is 11.6 Å². The lowest BCUT2D eigenvalue weighted by Crippen LogP contribution is -2.54. The number of aromatic nitrogens is 1. The fourth-order valence-electron chi connectivity index (χ4n) is 8.84. The number of nitrogens with one attached hydrogen (secondary N) is 3. The first-order valence-electron chi connectivity index (χ1n) is 23.9. The second kappa shape index (κ2) is 26.4. The highest BCUT2D eigenvalue weighted by Gasteiger charge is 2.46. The van der Waals surface area contributed by atoms with E-state index >= 15 is 0 Å². The molecule has 2 fully saturated rings. The van der Waals surface area contributed by atoms with E-state index in [9.17, 15) is 33.2 Å². The van der Waals surface area contributed by atoms with Crippen LogP contribution < -0.4 is 25.4 Å². The molecule has 1 saturated carbocycles. The number of benzene rings is 3. The molecule has 7 rings (SSSR count). The molecule has 1 aliphatic carbocycles. The van der Waals surface area contributed by atoms with Crippen molar-refractivity contribution in [3.8, 4) is 11.5 Å². The van der Waals surface area contributed by atoms with E-state index in [1.165, 1.54) is 24.3 Å². The van der Waals surface area contributed by atoms with Crippen LogP contribution in [0.3, 0.4) is 0 Å². The van der Waals surface area contributed by atoms with Gasteiger partial charge in [0.25, 0.3) is 17.7 Å². The number of rotatable bonds is 27. The van der Waals surface area contributed by atoms with Gasteiger partial charge in [0.05, 0.1) is 87.7 Å². The van der Waals surface area contributed by atoms with Crippen LogP contribution in [0.15, 0.2) is 66.9 Å². The molecule has 20 heteroatoms. The summed E-state index contributed by atoms with van der Waals surface area (Å²) in [5.41, 5.74) is 2.53. The average Bonchev–Trinajstić information content (AvgIpc) is 3.62. The summed E-state index contributed by atoms with van der Waals surface area (Å²) in [6.07, 6.45) is 5.45. The summed E-state index contributed by atoms with van der Waals surface area (Å²) in [5, 5.41) is 9.11. The van der Waals surface area contributed by atoms with E-state index in [0.717, 1.165) is 47.0 Å². The molecule has 3 aliphatic rings. The SMILES string of the molecule is C[C@@H](C(=O)Nc1ccc(Cl)c(OCCOCCOCCOCCOCCOCCNC(=O)COc2cccc3c2C(=O)N(C2CCC(=O)NC2=O)C3=O)c1)[C@H]1CC[C@@H](c2ccnc3ccc(F)cc32)CC1. The summed E-state index contributed by atoms with van der Waals surface area (Å²) in [7, 11) is 0. The predicted octanol–water partition coefficient (Wildman–Crippen LogP) is 5.63. The first-order valence-corrected chi connectivity index (χ1v) is 24.3. The molecule has 3 aromatic carbocycles. The molecule has 0 spiro atoms. The highest BCUT2D eigenvalue weighted by Crippen LogP contribution is 2.41. The van der Waals surface area contributed by atoms with Crippen molar-refractivity contribution >= 4 is 63.6 Å². The molecule has 0 bridgehead atoms. The maximum Gasteiger partial charge on any atom is 0.266 e. The quantitative estimate of drug-likeness (QED) is 0.0487. The van der Waals surface area contributed by atoms with Gasteiger partial charge in [0.1, 0.15) is 30.0 Å². The van der Waals surface area contributed by atoms with E-state index in [1.54, 1.807) is 36.5 Å². The van der Waals surface area contributed by atoms with E-state index in [4.69, 9.17) is 44.8 Å². The van der Waals surface area contributed by atoms with E-state index in [-0.39, 0.29) is 73.0 Å². The summed E-state index contributed by atoms with van der Waals surface area (Å²) >= 11 is 6.39. The summed E-state index contributed by atoms with van der Waals surface area (Å²) < 4.78 is 53.2. The highest BCUT2D eigenvalue weighted by atomic mass is 35.5. The molecule has 380 valence electrons. The largest absolute Gasteiger partial charge is 0.490 e. The van der Waals surface area contributed by atoms with Gasteiger partial charge >= 0.3 is 0 Å². The summed E-state index contributed by atoms with van der Waals surface area (Å²) in [6.45, 7) is 5.39. The van der Waals surface area contributed by atoms with Gasteiger partial charge in [-0.05, 0) is 98.0 Å². The first-order chi connectivity index (χ1) is 34.5. The number of pyridine rings is 1. The highest BCUT2D eigenvalue weighted by molar-refractivity contribution is 6.32. The van der Waals surface area contributed by atoms with Crippen molar-refractivity contribution < 1.29 is 66.3 Å². The number of carbonyl (C=O) groups is 6. The van der Waals surface area contributed by atoms with Crippen LogP contribution in [-0.2, 0) is 42.9 Å². The predicted molar refractivity (Wildman–Crippen MR) is 257 cm³/mol. The van der Waals surface area contributed by atoms with Crippen molar-refractivity contribution in [2.75, 3.05) is 91.1 Å². The van der Waals surface area contributed by atoms with Crippen LogP contribution in [0, 0.1) is 17.7 Å². The van der Waals surface area contributed by atoms with Gasteiger partial charge < -0.3 is 43.8 Å². The minimum Gasteiger partial charge on any atom is -0.490 e. The third kappa shape index (κ3) is 14.5. The second-order valence-corrected chi connectivity index (χ2v) is 17.7. The molecule has 6 amide bonds. The Balaban J connectivity index is 0.653. The fraction of sp³-hybridized carbons (Fsp3) is 0.471. The number of amides is 6. The number of hydrogen-bond acceptors (Lipinski definition) is 14. The van der Waals surface area contributed by atoms with Crippen LogP contribution in [0.1, 0.15) is 77.6 Å². The minimum absolute atomic E-state index is 0.00165. The number of carbonyl (C=O) groups excluding carboxylic acids is 6. The Bertz CT molecular complexity index is 2520. The molecular formula is C51H59ClFN5O13. The smallest absolute Gasteiger partial charge is 0.266 e. The zero-order valence-corrected chi connectivity index (χ0v) is 40.3. The third-order valence-electron chi connectivity index (χ3n) is 12.6. The Kier molecular flexibility index (Phi) is 19.6. The number of ether oxygens (including phenoxy) is 7. The van der Waals surface area contributed by atoms with Crippen molar-refractivity contribution in [3.05, 3.63) is 94.4 Å². The number of piperidine rings is 1. The summed E-state index contributed by atoms with van der Waals surface area (Å²) in [6, 6.07) is 15.2. The van der Waals surface area contributed by atoms with Crippen molar-refractivity contribution in [2.45, 2.75) is 57.4 Å². The van der Waals surface area contributed by atoms with Gasteiger partial charge in [-0.3, -0.25) is 44.0 Å². The molecule has 1 saturated heterocycles. The first kappa shape index (κ1) is 52.7. The molecule has 71 heavy (non-hydrogen) atoms. The van der Waals surface area contributed by atoms with Gasteiger partial charge in [0.15, 0.2) is 6.61 Å². The standard InChI is InChI=1S/C51H59ClFN5O13/c1-32(33-5-7-34(8-6-33)37-15-16-54-41-12-9-35(53)29-39(37)41)48(61)56-36-10-11-40(52)44(30-36)70-28-27-69-26-25-68-24-23-67-22-21-66-20-19-65-18-17-55-46(60)31-71-43-4-2-3-38-47(43)51(64)58(50(38)63)42-13-14-45(59)57-49(42)62/h2-4,9-12,15-16,29-30,32-34,42H,5-8,13-14,17-28,31H2,1H3,(H,55,60)(H,56,61)(H,57,59,62)/t32-,33-,34+,42?/m1/s1. The maximum atomic E-state index is 14.0. The van der Waals surface area contributed by atoms with Crippen molar-refractivity contribution in [2.24, 2.45) is 11.8 Å². The summed E-state index contributed by atoms with van der Waals surface area (Å²) in [5.74, 6) is -2.57. The lowest BCUT2D eigenvalue weighted by atomic mass is 9.73. The number of nitrogens with zero attached hydrogens (tertiary/aromatic N) is 2. The zero-order chi connectivity index (χ0) is 50.1. The third-order valence-corrected chi connectivity index (χ3v) is 12.9. The van der Waals surface area contributed by atoms with Crippen molar-refractivity contribution in [1.29, 1.82) is 0 Å². The molecule has 2 aliphatic heterocycles. The second-order valence-electron chi connectivity index (χ2n) is 17.3. The van der Waals surface area contributed by atoms with Gasteiger partial charge in [-0.1, -0.05) is 24.6 Å². The van der Waals surface area contributed by atoms with Crippen LogP contribution in [0.2, 0.25) is 5.02 Å². The topological polar surface area (TPSA) is 219 Å². The number of halogens is 2. The monoisotopic (exact) mass is 1000 g/mol. The van der Waals surface area contributed by atoms with E-state index in [0.29, 0.717) is 81.8 Å². The van der Waals surface area contributed by atoms with Crippen molar-refractivity contribution in [1.82, 2.24) is 20.5 Å². The van der Waals surface area contributed by atoms with Gasteiger partial charge in [-0.15, -0.1) is 0 Å². The van der Waals surface area contributed by atoms with Gasteiger partial charge in [-0.2, -0.15) is 0 Å². The molecule has 0 radical (unpaired) electrons. The maximum absolute atomic E-state index is 14.0. The Hall–Kier alpha value is -6.09. The van der Waals surface area contributed by atoms with Crippen molar-refractivity contribution in [3.63, 3.8) is 0 Å². The fourth-order valence-corrected chi connectivity index (χ4v) is 9.01. The van der Waals surface area contributed by atoms with Crippen LogP contribution in [0.4, 0.5) is 10.1 Å². The molecule has 3 heterocycles. The minimum atomic E-state index is -1.11. The van der Waals surface area contributed by atoms with Gasteiger partial charge in [0.2, 0.25) is 17.7 Å². The zero-order valence-electron chi connectivity index (χ0n) is 39.6. The Morgan fingerprint density at radius 3 is 2.14 bits per heavy atom. The number of anilines is 1. The number of imide groups is 2. The molecule has 3 N–H and O–H groups in total. The Labute approximate surface area is 415 Å². The van der Waals surface area contributed by atoms with Gasteiger partial charge in [0, 0.05) is 42.2 Å². The molecule has 18 nitrogen and oxygen atoms in total. The molecule has 2 atom stereocenters. The summed E-state index contributed by atoms with van der Waals surface area (Å²) in [4.78, 5) is 81.0. The molecular weight excluding hydrogens is 945 g/mol. The molecule has 4 aromatic rings. The lowest BCUT2D eigenvalue weighted by molar-refractivity contribution is -0.136. The normalized spacial score (nSPS) is 18.3. The van der Waals surface area contributed by atoms with E-state index < -0.39 is 42.2 Å². The number of hydrogen-bond donors (Lipinski definition) is 3. The molecule has 1 unspecified atom stereocenters. The van der Waals surface area contributed by atoms with Gasteiger partial charge in [-0.25, -0.2) is 4.39 Å². The van der Waals surface area contributed by atoms with E-state index in [2.05, 4.69) is 20.9 Å². The average molecular weight is 1000 g/mol. The molecule has 1 aromatic heterocycles. The van der Waals surface area contributed by atoms with Crippen LogP contribution in [-0.4, -0.2) is 137 Å². The Morgan fingerprint density at radius 1 is 0.775 bits per heavy atom. The van der Waals surface area contributed by atoms with E-state index in [1.807, 2.05) is 13.0 Å².